The maximum Gasteiger partial charge on any atom is 0.127 e. The number of hydrogen-bond acceptors (Lipinski definition) is 1. The predicted octanol–water partition coefficient (Wildman–Crippen LogP) is 3.26. The molecular formula is C11H15BrFN. The van der Waals surface area contributed by atoms with E-state index in [1.807, 2.05) is 19.9 Å². The Hall–Kier alpha value is -0.410. The Kier molecular flexibility index (Phi) is 3.67. The van der Waals surface area contributed by atoms with Crippen LogP contribution in [-0.4, -0.2) is 5.54 Å². The lowest BCUT2D eigenvalue weighted by molar-refractivity contribution is 0.469. The third-order valence-corrected chi connectivity index (χ3v) is 2.82. The van der Waals surface area contributed by atoms with Crippen molar-refractivity contribution in [3.8, 4) is 0 Å². The van der Waals surface area contributed by atoms with Crippen molar-refractivity contribution in [3.63, 3.8) is 0 Å². The van der Waals surface area contributed by atoms with Crippen LogP contribution in [0.4, 0.5) is 4.39 Å². The van der Waals surface area contributed by atoms with E-state index >= 15 is 0 Å². The van der Waals surface area contributed by atoms with Crippen LogP contribution >= 0.6 is 15.9 Å². The Balaban J connectivity index is 2.77. The molecule has 1 nitrogen and oxygen atoms in total. The molecule has 0 aliphatic rings. The van der Waals surface area contributed by atoms with Crippen molar-refractivity contribution >= 4 is 15.9 Å². The second-order valence-corrected chi connectivity index (χ2v) is 5.04. The molecule has 0 aromatic heterocycles. The molecule has 0 amide bonds. The van der Waals surface area contributed by atoms with Gasteiger partial charge >= 0.3 is 0 Å². The highest BCUT2D eigenvalue weighted by atomic mass is 79.9. The first-order valence-electron chi connectivity index (χ1n) is 4.62. The Morgan fingerprint density at radius 1 is 1.43 bits per heavy atom. The number of halogens is 2. The molecule has 0 saturated carbocycles. The first-order chi connectivity index (χ1) is 6.40. The summed E-state index contributed by atoms with van der Waals surface area (Å²) in [6.07, 6.45) is 1.43. The fraction of sp³-hybridized carbons (Fsp3) is 0.455. The molecule has 0 unspecified atom stereocenters. The van der Waals surface area contributed by atoms with Crippen LogP contribution in [0.1, 0.15) is 25.8 Å². The third kappa shape index (κ3) is 3.39. The van der Waals surface area contributed by atoms with Crippen molar-refractivity contribution < 1.29 is 4.39 Å². The van der Waals surface area contributed by atoms with E-state index in [2.05, 4.69) is 15.9 Å². The van der Waals surface area contributed by atoms with Gasteiger partial charge in [0.15, 0.2) is 0 Å². The second kappa shape index (κ2) is 4.41. The zero-order chi connectivity index (χ0) is 10.8. The summed E-state index contributed by atoms with van der Waals surface area (Å²) >= 11 is 3.33. The molecule has 0 aliphatic carbocycles. The summed E-state index contributed by atoms with van der Waals surface area (Å²) in [6.45, 7) is 3.89. The molecule has 1 aromatic rings. The molecule has 0 spiro atoms. The quantitative estimate of drug-likeness (QED) is 0.886. The van der Waals surface area contributed by atoms with Gasteiger partial charge in [-0.1, -0.05) is 22.0 Å². The maximum atomic E-state index is 13.4. The van der Waals surface area contributed by atoms with E-state index in [4.69, 9.17) is 5.73 Å². The molecular weight excluding hydrogens is 245 g/mol. The van der Waals surface area contributed by atoms with Crippen molar-refractivity contribution in [1.29, 1.82) is 0 Å². The van der Waals surface area contributed by atoms with Crippen LogP contribution in [0.2, 0.25) is 0 Å². The summed E-state index contributed by atoms with van der Waals surface area (Å²) in [5.74, 6) is -0.163. The predicted molar refractivity (Wildman–Crippen MR) is 60.7 cm³/mol. The van der Waals surface area contributed by atoms with Gasteiger partial charge in [-0.15, -0.1) is 0 Å². The molecule has 0 bridgehead atoms. The van der Waals surface area contributed by atoms with E-state index in [0.29, 0.717) is 12.0 Å². The highest BCUT2D eigenvalue weighted by Gasteiger charge is 2.13. The summed E-state index contributed by atoms with van der Waals surface area (Å²) < 4.78 is 14.2. The minimum Gasteiger partial charge on any atom is -0.326 e. The van der Waals surface area contributed by atoms with Gasteiger partial charge in [0, 0.05) is 15.6 Å². The highest BCUT2D eigenvalue weighted by Crippen LogP contribution is 2.22. The number of benzene rings is 1. The minimum atomic E-state index is -0.248. The highest BCUT2D eigenvalue weighted by molar-refractivity contribution is 9.10. The molecule has 3 heteroatoms. The minimum absolute atomic E-state index is 0.163. The molecule has 0 aliphatic heterocycles. The summed E-state index contributed by atoms with van der Waals surface area (Å²) in [4.78, 5) is 0. The van der Waals surface area contributed by atoms with Gasteiger partial charge in [-0.25, -0.2) is 4.39 Å². The van der Waals surface area contributed by atoms with Crippen LogP contribution in [-0.2, 0) is 6.42 Å². The lowest BCUT2D eigenvalue weighted by Crippen LogP contribution is -2.32. The van der Waals surface area contributed by atoms with E-state index in [1.54, 1.807) is 6.07 Å². The second-order valence-electron chi connectivity index (χ2n) is 4.19. The topological polar surface area (TPSA) is 26.0 Å². The number of rotatable bonds is 3. The fourth-order valence-electron chi connectivity index (χ4n) is 1.22. The molecule has 14 heavy (non-hydrogen) atoms. The Bertz CT molecular complexity index is 297. The molecule has 0 saturated heterocycles. The Morgan fingerprint density at radius 2 is 2.07 bits per heavy atom. The zero-order valence-corrected chi connectivity index (χ0v) is 10.1. The monoisotopic (exact) mass is 259 g/mol. The Labute approximate surface area is 92.6 Å². The van der Waals surface area contributed by atoms with E-state index < -0.39 is 0 Å². The van der Waals surface area contributed by atoms with Crippen LogP contribution < -0.4 is 5.73 Å². The molecule has 1 aromatic carbocycles. The summed E-state index contributed by atoms with van der Waals surface area (Å²) in [7, 11) is 0. The van der Waals surface area contributed by atoms with Crippen molar-refractivity contribution in [3.05, 3.63) is 34.1 Å². The van der Waals surface area contributed by atoms with E-state index in [0.717, 1.165) is 10.9 Å². The normalized spacial score (nSPS) is 11.8. The first-order valence-corrected chi connectivity index (χ1v) is 5.41. The van der Waals surface area contributed by atoms with Crippen LogP contribution in [0, 0.1) is 5.82 Å². The van der Waals surface area contributed by atoms with E-state index in [1.165, 1.54) is 6.07 Å². The first kappa shape index (κ1) is 11.7. The van der Waals surface area contributed by atoms with Crippen LogP contribution in [0.25, 0.3) is 0 Å². The Morgan fingerprint density at radius 3 is 2.57 bits per heavy atom. The van der Waals surface area contributed by atoms with Crippen LogP contribution in [0.5, 0.6) is 0 Å². The van der Waals surface area contributed by atoms with E-state index in [9.17, 15) is 4.39 Å². The molecule has 0 radical (unpaired) electrons. The summed E-state index contributed by atoms with van der Waals surface area (Å²) in [5, 5.41) is 0. The molecule has 78 valence electrons. The average molecular weight is 260 g/mol. The van der Waals surface area contributed by atoms with Gasteiger partial charge in [0.25, 0.3) is 0 Å². The molecule has 0 heterocycles. The number of nitrogens with two attached hydrogens (primary N) is 1. The molecule has 0 atom stereocenters. The van der Waals surface area contributed by atoms with Gasteiger partial charge in [-0.2, -0.15) is 0 Å². The lowest BCUT2D eigenvalue weighted by atomic mass is 9.96. The standard InChI is InChI=1S/C11H15BrFN/c1-11(2,14)7-6-8-9(12)4-3-5-10(8)13/h3-5H,6-7,14H2,1-2H3. The molecule has 0 fully saturated rings. The number of hydrogen-bond donors (Lipinski definition) is 1. The molecule has 2 N–H and O–H groups in total. The largest absolute Gasteiger partial charge is 0.326 e. The van der Waals surface area contributed by atoms with E-state index in [-0.39, 0.29) is 11.4 Å². The van der Waals surface area contributed by atoms with Crippen molar-refractivity contribution in [2.75, 3.05) is 0 Å². The van der Waals surface area contributed by atoms with Crippen LogP contribution in [0.15, 0.2) is 22.7 Å². The smallest absolute Gasteiger partial charge is 0.127 e. The van der Waals surface area contributed by atoms with Crippen LogP contribution in [0.3, 0.4) is 0 Å². The summed E-state index contributed by atoms with van der Waals surface area (Å²) in [6, 6.07) is 5.02. The summed E-state index contributed by atoms with van der Waals surface area (Å²) in [5.41, 5.74) is 6.31. The van der Waals surface area contributed by atoms with Gasteiger partial charge in [-0.3, -0.25) is 0 Å². The average Bonchev–Trinajstić information content (AvgIpc) is 2.01. The zero-order valence-electron chi connectivity index (χ0n) is 8.48. The van der Waals surface area contributed by atoms with Gasteiger partial charge in [0.1, 0.15) is 5.82 Å². The van der Waals surface area contributed by atoms with Crippen molar-refractivity contribution in [1.82, 2.24) is 0 Å². The van der Waals surface area contributed by atoms with Gasteiger partial charge in [-0.05, 0) is 38.8 Å². The lowest BCUT2D eigenvalue weighted by Gasteiger charge is -2.18. The molecule has 1 rings (SSSR count). The van der Waals surface area contributed by atoms with Crippen molar-refractivity contribution in [2.45, 2.75) is 32.2 Å². The van der Waals surface area contributed by atoms with Gasteiger partial charge in [0.2, 0.25) is 0 Å². The van der Waals surface area contributed by atoms with Gasteiger partial charge < -0.3 is 5.73 Å². The van der Waals surface area contributed by atoms with Gasteiger partial charge in [0.05, 0.1) is 0 Å². The third-order valence-electron chi connectivity index (χ3n) is 2.08. The SMILES string of the molecule is CC(C)(N)CCc1c(F)cccc1Br. The maximum absolute atomic E-state index is 13.4. The van der Waals surface area contributed by atoms with Crippen molar-refractivity contribution in [2.24, 2.45) is 5.73 Å². The fourth-order valence-corrected chi connectivity index (χ4v) is 1.76.